The van der Waals surface area contributed by atoms with Gasteiger partial charge in [0.15, 0.2) is 0 Å². The van der Waals surface area contributed by atoms with Crippen LogP contribution >= 0.6 is 11.8 Å². The van der Waals surface area contributed by atoms with Gasteiger partial charge in [0.25, 0.3) is 0 Å². The lowest BCUT2D eigenvalue weighted by Gasteiger charge is -2.08. The molecule has 2 aromatic rings. The largest absolute Gasteiger partial charge is 0.361 e. The lowest BCUT2D eigenvalue weighted by atomic mass is 10.2. The lowest BCUT2D eigenvalue weighted by molar-refractivity contribution is 0.650. The molecular weight excluding hydrogens is 228 g/mol. The average Bonchev–Trinajstić information content (AvgIpc) is 2.78. The van der Waals surface area contributed by atoms with E-state index in [0.29, 0.717) is 0 Å². The van der Waals surface area contributed by atoms with Crippen molar-refractivity contribution in [1.82, 2.24) is 10.3 Å². The number of rotatable bonds is 6. The number of aromatic amines is 1. The predicted molar refractivity (Wildman–Crippen MR) is 77.6 cm³/mol. The summed E-state index contributed by atoms with van der Waals surface area (Å²) in [7, 11) is 0. The van der Waals surface area contributed by atoms with E-state index in [1.54, 1.807) is 0 Å². The molecule has 0 radical (unpaired) electrons. The Kier molecular flexibility index (Phi) is 4.51. The summed E-state index contributed by atoms with van der Waals surface area (Å²) in [6.07, 6.45) is 5.50. The Labute approximate surface area is 107 Å². The van der Waals surface area contributed by atoms with Crippen molar-refractivity contribution in [2.75, 3.05) is 12.8 Å². The molecule has 1 heterocycles. The van der Waals surface area contributed by atoms with E-state index in [0.717, 1.165) is 18.3 Å². The van der Waals surface area contributed by atoms with Crippen LogP contribution in [0.25, 0.3) is 10.9 Å². The molecule has 2 N–H and O–H groups in total. The number of thioether (sulfide) groups is 1. The lowest BCUT2D eigenvalue weighted by Crippen LogP contribution is -2.17. The quantitative estimate of drug-likeness (QED) is 0.767. The highest BCUT2D eigenvalue weighted by Crippen LogP contribution is 2.17. The maximum absolute atomic E-state index is 3.51. The summed E-state index contributed by atoms with van der Waals surface area (Å²) in [5.41, 5.74) is 2.58. The van der Waals surface area contributed by atoms with E-state index in [1.807, 2.05) is 11.8 Å². The van der Waals surface area contributed by atoms with Crippen LogP contribution in [-0.4, -0.2) is 23.0 Å². The molecule has 0 aliphatic rings. The molecule has 0 saturated carbocycles. The normalized spacial score (nSPS) is 13.1. The summed E-state index contributed by atoms with van der Waals surface area (Å²) < 4.78 is 0. The summed E-state index contributed by atoms with van der Waals surface area (Å²) in [5, 5.41) is 5.58. The van der Waals surface area contributed by atoms with E-state index < -0.39 is 0 Å². The standard InChI is InChI=1S/C14H20N2S/c1-11(17-2)7-8-15-9-12-10-16-14-6-4-3-5-13(12)14/h3-6,10-11,15-16H,7-9H2,1-2H3. The Morgan fingerprint density at radius 2 is 2.18 bits per heavy atom. The third-order valence-electron chi connectivity index (χ3n) is 3.12. The number of H-pyrrole nitrogens is 1. The van der Waals surface area contributed by atoms with Gasteiger partial charge in [0.2, 0.25) is 0 Å². The molecule has 0 aliphatic carbocycles. The van der Waals surface area contributed by atoms with Crippen LogP contribution in [0.5, 0.6) is 0 Å². The number of nitrogens with one attached hydrogen (secondary N) is 2. The van der Waals surface area contributed by atoms with Gasteiger partial charge < -0.3 is 10.3 Å². The average molecular weight is 248 g/mol. The van der Waals surface area contributed by atoms with Gasteiger partial charge in [0.1, 0.15) is 0 Å². The molecule has 2 nitrogen and oxygen atoms in total. The number of benzene rings is 1. The third-order valence-corrected chi connectivity index (χ3v) is 4.16. The second-order valence-corrected chi connectivity index (χ2v) is 5.65. The Bertz CT molecular complexity index is 464. The fraction of sp³-hybridized carbons (Fsp3) is 0.429. The highest BCUT2D eigenvalue weighted by molar-refractivity contribution is 7.99. The van der Waals surface area contributed by atoms with E-state index in [1.165, 1.54) is 22.9 Å². The van der Waals surface area contributed by atoms with Gasteiger partial charge in [-0.3, -0.25) is 0 Å². The van der Waals surface area contributed by atoms with E-state index in [-0.39, 0.29) is 0 Å². The molecule has 0 spiro atoms. The Hall–Kier alpha value is -0.930. The second kappa shape index (κ2) is 6.12. The van der Waals surface area contributed by atoms with Crippen LogP contribution in [0.4, 0.5) is 0 Å². The minimum atomic E-state index is 0.741. The molecule has 17 heavy (non-hydrogen) atoms. The molecule has 1 aromatic heterocycles. The van der Waals surface area contributed by atoms with Crippen molar-refractivity contribution in [1.29, 1.82) is 0 Å². The fourth-order valence-electron chi connectivity index (χ4n) is 1.92. The van der Waals surface area contributed by atoms with Crippen molar-refractivity contribution >= 4 is 22.7 Å². The van der Waals surface area contributed by atoms with E-state index >= 15 is 0 Å². The topological polar surface area (TPSA) is 27.8 Å². The zero-order chi connectivity index (χ0) is 12.1. The van der Waals surface area contributed by atoms with Crippen LogP contribution in [0.3, 0.4) is 0 Å². The van der Waals surface area contributed by atoms with Crippen molar-refractivity contribution in [3.63, 3.8) is 0 Å². The predicted octanol–water partition coefficient (Wildman–Crippen LogP) is 3.40. The molecule has 0 aliphatic heterocycles. The smallest absolute Gasteiger partial charge is 0.0457 e. The number of aromatic nitrogens is 1. The fourth-order valence-corrected chi connectivity index (χ4v) is 2.28. The van der Waals surface area contributed by atoms with Crippen LogP contribution in [0.1, 0.15) is 18.9 Å². The first-order valence-corrected chi connectivity index (χ1v) is 7.38. The summed E-state index contributed by atoms with van der Waals surface area (Å²) in [6.45, 7) is 4.31. The number of para-hydroxylation sites is 1. The zero-order valence-corrected chi connectivity index (χ0v) is 11.3. The first-order valence-electron chi connectivity index (χ1n) is 6.09. The third kappa shape index (κ3) is 3.27. The zero-order valence-electron chi connectivity index (χ0n) is 10.5. The maximum atomic E-state index is 3.51. The SMILES string of the molecule is CSC(C)CCNCc1c[nH]c2ccccc12. The summed E-state index contributed by atoms with van der Waals surface area (Å²) >= 11 is 1.93. The van der Waals surface area contributed by atoms with Crippen LogP contribution in [-0.2, 0) is 6.54 Å². The Balaban J connectivity index is 1.87. The maximum Gasteiger partial charge on any atom is 0.0457 e. The monoisotopic (exact) mass is 248 g/mol. The number of fused-ring (bicyclic) bond motifs is 1. The van der Waals surface area contributed by atoms with E-state index in [2.05, 4.69) is 53.9 Å². The molecule has 0 bridgehead atoms. The van der Waals surface area contributed by atoms with Crippen molar-refractivity contribution in [3.05, 3.63) is 36.0 Å². The highest BCUT2D eigenvalue weighted by atomic mass is 32.2. The van der Waals surface area contributed by atoms with Gasteiger partial charge in [-0.15, -0.1) is 0 Å². The van der Waals surface area contributed by atoms with Crippen molar-refractivity contribution < 1.29 is 0 Å². The minimum absolute atomic E-state index is 0.741. The highest BCUT2D eigenvalue weighted by Gasteiger charge is 2.02. The molecule has 1 aromatic carbocycles. The Morgan fingerprint density at radius 3 is 3.00 bits per heavy atom. The van der Waals surface area contributed by atoms with E-state index in [4.69, 9.17) is 0 Å². The number of hydrogen-bond acceptors (Lipinski definition) is 2. The van der Waals surface area contributed by atoms with Gasteiger partial charge >= 0.3 is 0 Å². The summed E-state index contributed by atoms with van der Waals surface area (Å²) in [6, 6.07) is 8.45. The summed E-state index contributed by atoms with van der Waals surface area (Å²) in [4.78, 5) is 3.30. The first kappa shape index (κ1) is 12.5. The molecule has 92 valence electrons. The molecule has 1 unspecified atom stereocenters. The van der Waals surface area contributed by atoms with E-state index in [9.17, 15) is 0 Å². The first-order chi connectivity index (χ1) is 8.31. The molecule has 3 heteroatoms. The molecule has 2 rings (SSSR count). The summed E-state index contributed by atoms with van der Waals surface area (Å²) in [5.74, 6) is 0. The second-order valence-electron chi connectivity index (χ2n) is 4.37. The minimum Gasteiger partial charge on any atom is -0.361 e. The molecule has 0 fully saturated rings. The van der Waals surface area contributed by atoms with Gasteiger partial charge in [-0.25, -0.2) is 0 Å². The van der Waals surface area contributed by atoms with Gasteiger partial charge in [-0.2, -0.15) is 11.8 Å². The van der Waals surface area contributed by atoms with Crippen LogP contribution in [0, 0.1) is 0 Å². The van der Waals surface area contributed by atoms with Crippen molar-refractivity contribution in [3.8, 4) is 0 Å². The molecule has 1 atom stereocenters. The molecule has 0 amide bonds. The van der Waals surface area contributed by atoms with Crippen LogP contribution in [0.15, 0.2) is 30.5 Å². The van der Waals surface area contributed by atoms with Crippen molar-refractivity contribution in [2.45, 2.75) is 25.1 Å². The molecular formula is C14H20N2S. The van der Waals surface area contributed by atoms with Gasteiger partial charge in [0.05, 0.1) is 0 Å². The van der Waals surface area contributed by atoms with Crippen molar-refractivity contribution in [2.24, 2.45) is 0 Å². The van der Waals surface area contributed by atoms with Gasteiger partial charge in [-0.05, 0) is 30.9 Å². The van der Waals surface area contributed by atoms with Gasteiger partial charge in [0, 0.05) is 28.9 Å². The van der Waals surface area contributed by atoms with Crippen LogP contribution in [0.2, 0.25) is 0 Å². The number of hydrogen-bond donors (Lipinski definition) is 2. The van der Waals surface area contributed by atoms with Crippen LogP contribution < -0.4 is 5.32 Å². The van der Waals surface area contributed by atoms with Gasteiger partial charge in [-0.1, -0.05) is 25.1 Å². The Morgan fingerprint density at radius 1 is 1.35 bits per heavy atom. The molecule has 0 saturated heterocycles.